The Hall–Kier alpha value is -0.0656. The number of likely N-dealkylation sites (tertiary alicyclic amines) is 1. The molecule has 2 unspecified atom stereocenters. The largest absolute Gasteiger partial charge is 0.391 e. The summed E-state index contributed by atoms with van der Waals surface area (Å²) in [5.74, 6) is -0.982. The van der Waals surface area contributed by atoms with Gasteiger partial charge in [0.15, 0.2) is 0 Å². The third-order valence-corrected chi connectivity index (χ3v) is 3.25. The minimum atomic E-state index is -0.715. The number of primary amides is 1. The van der Waals surface area contributed by atoms with Gasteiger partial charge in [0.2, 0.25) is 5.91 Å². The molecule has 5 nitrogen and oxygen atoms in total. The van der Waals surface area contributed by atoms with Crippen molar-refractivity contribution >= 4 is 5.91 Å². The number of nitrogens with zero attached hydrogens (tertiary/aromatic N) is 1. The Bertz CT molecular complexity index is 240. The molecule has 0 aromatic heterocycles. The predicted molar refractivity (Wildman–Crippen MR) is 56.2 cm³/mol. The SMILES string of the molecule is COC1C[C@@H](C(O)[C@H](C)C(N)=O)N(C)C1.[V]. The number of amides is 1. The van der Waals surface area contributed by atoms with Crippen molar-refractivity contribution in [1.29, 1.82) is 0 Å². The summed E-state index contributed by atoms with van der Waals surface area (Å²) in [6.45, 7) is 2.44. The van der Waals surface area contributed by atoms with E-state index in [0.29, 0.717) is 0 Å². The Balaban J connectivity index is 0.00000225. The van der Waals surface area contributed by atoms with Crippen molar-refractivity contribution in [1.82, 2.24) is 4.90 Å². The molecule has 16 heavy (non-hydrogen) atoms. The molecule has 1 aliphatic heterocycles. The van der Waals surface area contributed by atoms with Crippen molar-refractivity contribution < 1.29 is 33.2 Å². The summed E-state index contributed by atoms with van der Waals surface area (Å²) in [7, 11) is 3.57. The average molecular weight is 267 g/mol. The van der Waals surface area contributed by atoms with Crippen molar-refractivity contribution in [2.45, 2.75) is 31.6 Å². The maximum absolute atomic E-state index is 11.0. The molecule has 93 valence electrons. The van der Waals surface area contributed by atoms with E-state index in [1.54, 1.807) is 14.0 Å². The topological polar surface area (TPSA) is 75.8 Å². The van der Waals surface area contributed by atoms with Crippen LogP contribution in [0.2, 0.25) is 0 Å². The van der Waals surface area contributed by atoms with Gasteiger partial charge in [-0.2, -0.15) is 0 Å². The normalized spacial score (nSPS) is 29.5. The Morgan fingerprint density at radius 1 is 1.62 bits per heavy atom. The number of hydrogen-bond acceptors (Lipinski definition) is 4. The van der Waals surface area contributed by atoms with Crippen LogP contribution in [0, 0.1) is 5.92 Å². The van der Waals surface area contributed by atoms with Gasteiger partial charge in [-0.05, 0) is 13.5 Å². The van der Waals surface area contributed by atoms with E-state index in [4.69, 9.17) is 10.5 Å². The number of rotatable bonds is 4. The molecule has 1 amide bonds. The van der Waals surface area contributed by atoms with Crippen molar-refractivity contribution in [2.24, 2.45) is 11.7 Å². The maximum atomic E-state index is 11.0. The van der Waals surface area contributed by atoms with Gasteiger partial charge in [-0.25, -0.2) is 0 Å². The first-order valence-corrected chi connectivity index (χ1v) is 5.17. The molecule has 0 aromatic carbocycles. The molecule has 0 saturated carbocycles. The van der Waals surface area contributed by atoms with Gasteiger partial charge in [-0.15, -0.1) is 0 Å². The van der Waals surface area contributed by atoms with E-state index >= 15 is 0 Å². The minimum absolute atomic E-state index is 0. The maximum Gasteiger partial charge on any atom is 0.222 e. The van der Waals surface area contributed by atoms with Crippen LogP contribution in [0.15, 0.2) is 0 Å². The number of methoxy groups -OCH3 is 1. The second-order valence-electron chi connectivity index (χ2n) is 4.28. The van der Waals surface area contributed by atoms with Crippen molar-refractivity contribution in [3.8, 4) is 0 Å². The molecule has 0 aliphatic carbocycles. The molecule has 1 saturated heterocycles. The number of ether oxygens (including phenoxy) is 1. The van der Waals surface area contributed by atoms with E-state index in [2.05, 4.69) is 0 Å². The van der Waals surface area contributed by atoms with Crippen LogP contribution in [0.25, 0.3) is 0 Å². The quantitative estimate of drug-likeness (QED) is 0.698. The molecule has 0 aromatic rings. The van der Waals surface area contributed by atoms with Gasteiger partial charge in [-0.3, -0.25) is 9.69 Å². The van der Waals surface area contributed by atoms with E-state index in [1.165, 1.54) is 0 Å². The predicted octanol–water partition coefficient (Wildman–Crippen LogP) is -0.815. The zero-order valence-electron chi connectivity index (χ0n) is 9.96. The van der Waals surface area contributed by atoms with Crippen LogP contribution < -0.4 is 5.73 Å². The number of carbonyl (C=O) groups excluding carboxylic acids is 1. The van der Waals surface area contributed by atoms with Gasteiger partial charge >= 0.3 is 0 Å². The summed E-state index contributed by atoms with van der Waals surface area (Å²) >= 11 is 0. The van der Waals surface area contributed by atoms with Crippen LogP contribution in [-0.2, 0) is 28.1 Å². The van der Waals surface area contributed by atoms with Crippen molar-refractivity contribution in [3.63, 3.8) is 0 Å². The van der Waals surface area contributed by atoms with E-state index in [-0.39, 0.29) is 30.7 Å². The van der Waals surface area contributed by atoms with Crippen LogP contribution >= 0.6 is 0 Å². The fraction of sp³-hybridized carbons (Fsp3) is 0.900. The number of hydrogen-bond donors (Lipinski definition) is 2. The van der Waals surface area contributed by atoms with Crippen molar-refractivity contribution in [2.75, 3.05) is 20.7 Å². The summed E-state index contributed by atoms with van der Waals surface area (Å²) in [5.41, 5.74) is 5.17. The van der Waals surface area contributed by atoms with Gasteiger partial charge in [0.25, 0.3) is 0 Å². The zero-order chi connectivity index (χ0) is 11.6. The molecule has 0 bridgehead atoms. The average Bonchev–Trinajstić information content (AvgIpc) is 2.57. The van der Waals surface area contributed by atoms with Crippen LogP contribution in [-0.4, -0.2) is 54.9 Å². The molecule has 4 atom stereocenters. The van der Waals surface area contributed by atoms with Crippen LogP contribution in [0.5, 0.6) is 0 Å². The van der Waals surface area contributed by atoms with Gasteiger partial charge in [0, 0.05) is 38.3 Å². The monoisotopic (exact) mass is 267 g/mol. The third-order valence-electron chi connectivity index (χ3n) is 3.25. The first-order valence-electron chi connectivity index (χ1n) is 5.17. The molecule has 3 N–H and O–H groups in total. The second kappa shape index (κ2) is 6.62. The first-order chi connectivity index (χ1) is 6.97. The number of aliphatic hydroxyl groups is 1. The van der Waals surface area contributed by atoms with E-state index < -0.39 is 17.9 Å². The van der Waals surface area contributed by atoms with Crippen molar-refractivity contribution in [3.05, 3.63) is 0 Å². The van der Waals surface area contributed by atoms with Gasteiger partial charge < -0.3 is 15.6 Å². The molecule has 1 heterocycles. The molecule has 0 spiro atoms. The van der Waals surface area contributed by atoms with Crippen LogP contribution in [0.3, 0.4) is 0 Å². The molecule has 1 fully saturated rings. The van der Waals surface area contributed by atoms with E-state index in [9.17, 15) is 9.90 Å². The van der Waals surface area contributed by atoms with Crippen LogP contribution in [0.4, 0.5) is 0 Å². The van der Waals surface area contributed by atoms with E-state index in [1.807, 2.05) is 11.9 Å². The molecule has 1 rings (SSSR count). The van der Waals surface area contributed by atoms with Crippen LogP contribution in [0.1, 0.15) is 13.3 Å². The molecular formula is C10H20N2O3V. The zero-order valence-corrected chi connectivity index (χ0v) is 11.4. The minimum Gasteiger partial charge on any atom is -0.391 e. The first kappa shape index (κ1) is 15.9. The third kappa shape index (κ3) is 3.47. The van der Waals surface area contributed by atoms with E-state index in [0.717, 1.165) is 13.0 Å². The summed E-state index contributed by atoms with van der Waals surface area (Å²) in [5, 5.41) is 9.97. The Labute approximate surface area is 108 Å². The summed E-state index contributed by atoms with van der Waals surface area (Å²) in [6.07, 6.45) is 0.161. The smallest absolute Gasteiger partial charge is 0.222 e. The number of likely N-dealkylation sites (N-methyl/N-ethyl adjacent to an activating group) is 1. The van der Waals surface area contributed by atoms with Gasteiger partial charge in [0.1, 0.15) is 0 Å². The summed E-state index contributed by atoms with van der Waals surface area (Å²) in [6, 6.07) is -0.0440. The molecule has 1 radical (unpaired) electrons. The molecule has 1 aliphatic rings. The molecule has 6 heteroatoms. The fourth-order valence-corrected chi connectivity index (χ4v) is 2.05. The summed E-state index contributed by atoms with van der Waals surface area (Å²) in [4.78, 5) is 13.0. The Morgan fingerprint density at radius 2 is 2.19 bits per heavy atom. The van der Waals surface area contributed by atoms with Gasteiger partial charge in [0.05, 0.1) is 18.1 Å². The number of aliphatic hydroxyl groups excluding tert-OH is 1. The molecular weight excluding hydrogens is 247 g/mol. The standard InChI is InChI=1S/C10H20N2O3.V/c1-6(10(11)14)9(13)8-4-7(15-3)5-12(8)2;/h6-9,13H,4-5H2,1-3H3,(H2,11,14);/t6-,7?,8-,9?;/m0./s1. The second-order valence-corrected chi connectivity index (χ2v) is 4.28. The number of carbonyl (C=O) groups is 1. The Kier molecular flexibility index (Phi) is 6.59. The van der Waals surface area contributed by atoms with Gasteiger partial charge in [-0.1, -0.05) is 6.92 Å². The Morgan fingerprint density at radius 3 is 2.56 bits per heavy atom. The fourth-order valence-electron chi connectivity index (χ4n) is 2.05. The summed E-state index contributed by atoms with van der Waals surface area (Å²) < 4.78 is 5.23. The number of nitrogens with two attached hydrogens (primary N) is 1.